The highest BCUT2D eigenvalue weighted by Gasteiger charge is 2.23. The summed E-state index contributed by atoms with van der Waals surface area (Å²) in [5.41, 5.74) is 11.5. The van der Waals surface area contributed by atoms with Gasteiger partial charge in [-0.1, -0.05) is 18.2 Å². The molecule has 4 aromatic rings. The summed E-state index contributed by atoms with van der Waals surface area (Å²) in [6, 6.07) is 18.9. The SMILES string of the molecule is Nc1ccc(-c2cccs2)cc1NC(=O)c1ccc2c(c1)CCN(C(=O)c1cccnc1)C2. The first kappa shape index (κ1) is 20.9. The summed E-state index contributed by atoms with van der Waals surface area (Å²) in [5, 5.41) is 4.97. The first-order valence-corrected chi connectivity index (χ1v) is 11.5. The topological polar surface area (TPSA) is 88.3 Å². The average Bonchev–Trinajstić information content (AvgIpc) is 3.40. The third-order valence-electron chi connectivity index (χ3n) is 5.78. The summed E-state index contributed by atoms with van der Waals surface area (Å²) < 4.78 is 0. The lowest BCUT2D eigenvalue weighted by Crippen LogP contribution is -2.36. The zero-order valence-corrected chi connectivity index (χ0v) is 18.6. The van der Waals surface area contributed by atoms with Crippen molar-refractivity contribution in [3.8, 4) is 10.4 Å². The van der Waals surface area contributed by atoms with E-state index >= 15 is 0 Å². The predicted octanol–water partition coefficient (Wildman–Crippen LogP) is 4.84. The van der Waals surface area contributed by atoms with E-state index in [-0.39, 0.29) is 11.8 Å². The lowest BCUT2D eigenvalue weighted by molar-refractivity contribution is 0.0734. The molecule has 7 heteroatoms. The molecule has 0 atom stereocenters. The number of nitrogens with two attached hydrogens (primary N) is 1. The number of thiophene rings is 1. The van der Waals surface area contributed by atoms with Crippen molar-refractivity contribution >= 4 is 34.5 Å². The number of carbonyl (C=O) groups is 2. The third-order valence-corrected chi connectivity index (χ3v) is 6.70. The van der Waals surface area contributed by atoms with Gasteiger partial charge in [0.2, 0.25) is 0 Å². The molecule has 2 amide bonds. The summed E-state index contributed by atoms with van der Waals surface area (Å²) in [4.78, 5) is 32.7. The van der Waals surface area contributed by atoms with Crippen LogP contribution in [0.5, 0.6) is 0 Å². The van der Waals surface area contributed by atoms with Crippen LogP contribution in [0.3, 0.4) is 0 Å². The molecule has 33 heavy (non-hydrogen) atoms. The number of anilines is 2. The first-order chi connectivity index (χ1) is 16.1. The lowest BCUT2D eigenvalue weighted by Gasteiger charge is -2.29. The molecule has 5 rings (SSSR count). The first-order valence-electron chi connectivity index (χ1n) is 10.6. The number of amides is 2. The van der Waals surface area contributed by atoms with Gasteiger partial charge >= 0.3 is 0 Å². The molecule has 6 nitrogen and oxygen atoms in total. The van der Waals surface area contributed by atoms with Crippen molar-refractivity contribution in [2.24, 2.45) is 0 Å². The van der Waals surface area contributed by atoms with Gasteiger partial charge in [0.1, 0.15) is 0 Å². The Morgan fingerprint density at radius 3 is 2.70 bits per heavy atom. The van der Waals surface area contributed by atoms with Crippen LogP contribution in [0.15, 0.2) is 78.4 Å². The molecule has 1 aliphatic heterocycles. The van der Waals surface area contributed by atoms with Crippen LogP contribution in [0, 0.1) is 0 Å². The largest absolute Gasteiger partial charge is 0.397 e. The fraction of sp³-hybridized carbons (Fsp3) is 0.115. The number of hydrogen-bond acceptors (Lipinski definition) is 5. The van der Waals surface area contributed by atoms with E-state index in [0.717, 1.165) is 21.6 Å². The minimum atomic E-state index is -0.207. The van der Waals surface area contributed by atoms with Gasteiger partial charge in [-0.15, -0.1) is 11.3 Å². The van der Waals surface area contributed by atoms with Gasteiger partial charge in [-0.3, -0.25) is 14.6 Å². The molecule has 3 N–H and O–H groups in total. The van der Waals surface area contributed by atoms with Crippen LogP contribution in [-0.4, -0.2) is 28.2 Å². The second-order valence-electron chi connectivity index (χ2n) is 7.94. The summed E-state index contributed by atoms with van der Waals surface area (Å²) >= 11 is 1.64. The summed E-state index contributed by atoms with van der Waals surface area (Å²) in [6.45, 7) is 1.11. The zero-order chi connectivity index (χ0) is 22.8. The van der Waals surface area contributed by atoms with E-state index in [2.05, 4.69) is 10.3 Å². The maximum Gasteiger partial charge on any atom is 0.255 e. The van der Waals surface area contributed by atoms with Crippen molar-refractivity contribution in [2.75, 3.05) is 17.6 Å². The maximum absolute atomic E-state index is 13.0. The second-order valence-corrected chi connectivity index (χ2v) is 8.88. The van der Waals surface area contributed by atoms with Gasteiger partial charge in [0.05, 0.1) is 16.9 Å². The molecule has 0 unspecified atom stereocenters. The van der Waals surface area contributed by atoms with Crippen molar-refractivity contribution in [1.29, 1.82) is 0 Å². The molecule has 1 aliphatic rings. The quantitative estimate of drug-likeness (QED) is 0.432. The molecule has 0 saturated heterocycles. The Labute approximate surface area is 195 Å². The Kier molecular flexibility index (Phi) is 5.62. The van der Waals surface area contributed by atoms with E-state index in [1.807, 2.05) is 52.7 Å². The molecule has 0 fully saturated rings. The molecule has 0 spiro atoms. The van der Waals surface area contributed by atoms with Crippen molar-refractivity contribution in [2.45, 2.75) is 13.0 Å². The molecule has 0 bridgehead atoms. The normalized spacial score (nSPS) is 12.8. The van der Waals surface area contributed by atoms with E-state index in [1.165, 1.54) is 0 Å². The number of pyridine rings is 1. The van der Waals surface area contributed by atoms with E-state index in [0.29, 0.717) is 42.0 Å². The van der Waals surface area contributed by atoms with E-state index in [4.69, 9.17) is 5.73 Å². The fourth-order valence-electron chi connectivity index (χ4n) is 3.99. The van der Waals surface area contributed by atoms with E-state index < -0.39 is 0 Å². The van der Waals surface area contributed by atoms with Crippen LogP contribution >= 0.6 is 11.3 Å². The van der Waals surface area contributed by atoms with Crippen molar-refractivity contribution < 1.29 is 9.59 Å². The molecule has 2 aromatic heterocycles. The van der Waals surface area contributed by atoms with Crippen molar-refractivity contribution in [3.05, 3.63) is 101 Å². The van der Waals surface area contributed by atoms with Crippen LogP contribution in [0.4, 0.5) is 11.4 Å². The van der Waals surface area contributed by atoms with Crippen molar-refractivity contribution in [1.82, 2.24) is 9.88 Å². The Bertz CT molecular complexity index is 1320. The number of rotatable bonds is 4. The lowest BCUT2D eigenvalue weighted by atomic mass is 9.96. The summed E-state index contributed by atoms with van der Waals surface area (Å²) in [7, 11) is 0. The fourth-order valence-corrected chi connectivity index (χ4v) is 4.72. The minimum absolute atomic E-state index is 0.0309. The van der Waals surface area contributed by atoms with Gasteiger partial charge in [0.25, 0.3) is 11.8 Å². The van der Waals surface area contributed by atoms with E-state index in [1.54, 1.807) is 41.9 Å². The summed E-state index contributed by atoms with van der Waals surface area (Å²) in [6.07, 6.45) is 3.93. The van der Waals surface area contributed by atoms with Crippen LogP contribution in [-0.2, 0) is 13.0 Å². The number of aromatic nitrogens is 1. The minimum Gasteiger partial charge on any atom is -0.397 e. The zero-order valence-electron chi connectivity index (χ0n) is 17.8. The van der Waals surface area contributed by atoms with E-state index in [9.17, 15) is 9.59 Å². The molecular formula is C26H22N4O2S. The number of fused-ring (bicyclic) bond motifs is 1. The molecule has 0 aliphatic carbocycles. The van der Waals surface area contributed by atoms with Gasteiger partial charge in [-0.05, 0) is 71.0 Å². The van der Waals surface area contributed by atoms with Crippen LogP contribution in [0.2, 0.25) is 0 Å². The molecule has 3 heterocycles. The molecule has 2 aromatic carbocycles. The Morgan fingerprint density at radius 2 is 1.91 bits per heavy atom. The highest BCUT2D eigenvalue weighted by molar-refractivity contribution is 7.13. The van der Waals surface area contributed by atoms with Gasteiger partial charge in [-0.2, -0.15) is 0 Å². The number of benzene rings is 2. The predicted molar refractivity (Wildman–Crippen MR) is 131 cm³/mol. The number of nitrogen functional groups attached to an aromatic ring is 1. The number of hydrogen-bond donors (Lipinski definition) is 2. The standard InChI is InChI=1S/C26H22N4O2S/c27-22-8-7-18(24-4-2-12-33-24)14-23(22)29-25(31)19-5-6-21-16-30(11-9-17(21)13-19)26(32)20-3-1-10-28-15-20/h1-8,10,12-15H,9,11,16,27H2,(H,29,31). The van der Waals surface area contributed by atoms with Crippen LogP contribution < -0.4 is 11.1 Å². The molecular weight excluding hydrogens is 432 g/mol. The van der Waals surface area contributed by atoms with Gasteiger partial charge in [0.15, 0.2) is 0 Å². The summed E-state index contributed by atoms with van der Waals surface area (Å²) in [5.74, 6) is -0.238. The average molecular weight is 455 g/mol. The van der Waals surface area contributed by atoms with Gasteiger partial charge in [-0.25, -0.2) is 0 Å². The Hall–Kier alpha value is -3.97. The highest BCUT2D eigenvalue weighted by atomic mass is 32.1. The molecule has 0 saturated carbocycles. The maximum atomic E-state index is 13.0. The van der Waals surface area contributed by atoms with Crippen molar-refractivity contribution in [3.63, 3.8) is 0 Å². The smallest absolute Gasteiger partial charge is 0.255 e. The number of nitrogens with zero attached hydrogens (tertiary/aromatic N) is 2. The van der Waals surface area contributed by atoms with Gasteiger partial charge < -0.3 is 16.0 Å². The van der Waals surface area contributed by atoms with Crippen LogP contribution in [0.25, 0.3) is 10.4 Å². The Morgan fingerprint density at radius 1 is 1.00 bits per heavy atom. The molecule has 164 valence electrons. The molecule has 0 radical (unpaired) electrons. The second kappa shape index (κ2) is 8.88. The monoisotopic (exact) mass is 454 g/mol. The van der Waals surface area contributed by atoms with Crippen LogP contribution in [0.1, 0.15) is 31.8 Å². The Balaban J connectivity index is 1.32. The highest BCUT2D eigenvalue weighted by Crippen LogP contribution is 2.30. The number of carbonyl (C=O) groups excluding carboxylic acids is 2. The third kappa shape index (κ3) is 4.36. The van der Waals surface area contributed by atoms with Gasteiger partial charge in [0, 0.05) is 35.9 Å². The number of nitrogens with one attached hydrogen (secondary N) is 1.